The summed E-state index contributed by atoms with van der Waals surface area (Å²) in [6, 6.07) is 6.01. The Hall–Kier alpha value is -2.23. The number of nitrogens with two attached hydrogens (primary N) is 1. The van der Waals surface area contributed by atoms with Crippen molar-refractivity contribution in [1.82, 2.24) is 0 Å². The van der Waals surface area contributed by atoms with Gasteiger partial charge in [-0.15, -0.1) is 0 Å². The summed E-state index contributed by atoms with van der Waals surface area (Å²) in [5, 5.41) is 0. The molecule has 21 heavy (non-hydrogen) atoms. The third-order valence-corrected chi connectivity index (χ3v) is 4.41. The van der Waals surface area contributed by atoms with Gasteiger partial charge in [0.2, 0.25) is 0 Å². The van der Waals surface area contributed by atoms with Gasteiger partial charge in [-0.1, -0.05) is 5.57 Å². The molecule has 1 unspecified atom stereocenters. The molecule has 3 rings (SSSR count). The van der Waals surface area contributed by atoms with E-state index in [-0.39, 0.29) is 11.6 Å². The maximum Gasteiger partial charge on any atom is 0.143 e. The van der Waals surface area contributed by atoms with Gasteiger partial charge in [-0.2, -0.15) is 0 Å². The van der Waals surface area contributed by atoms with Crippen LogP contribution >= 0.6 is 0 Å². The molecule has 1 aromatic carbocycles. The summed E-state index contributed by atoms with van der Waals surface area (Å²) < 4.78 is 12.9. The number of ketones is 1. The fourth-order valence-electron chi connectivity index (χ4n) is 3.05. The van der Waals surface area contributed by atoms with Crippen LogP contribution in [0.1, 0.15) is 26.2 Å². The number of benzene rings is 1. The third-order valence-electron chi connectivity index (χ3n) is 4.41. The van der Waals surface area contributed by atoms with Crippen molar-refractivity contribution in [3.8, 4) is 0 Å². The Labute approximate surface area is 123 Å². The van der Waals surface area contributed by atoms with Crippen molar-refractivity contribution in [2.45, 2.75) is 26.2 Å². The van der Waals surface area contributed by atoms with Crippen molar-refractivity contribution in [1.29, 1.82) is 0 Å². The van der Waals surface area contributed by atoms with Crippen LogP contribution in [0.15, 0.2) is 52.7 Å². The van der Waals surface area contributed by atoms with Crippen LogP contribution in [0.4, 0.5) is 10.1 Å². The summed E-state index contributed by atoms with van der Waals surface area (Å²) in [5.74, 6) is -0.0153. The fourth-order valence-corrected chi connectivity index (χ4v) is 3.05. The van der Waals surface area contributed by atoms with Gasteiger partial charge in [-0.05, 0) is 61.9 Å². The van der Waals surface area contributed by atoms with Crippen molar-refractivity contribution in [2.24, 2.45) is 16.1 Å². The highest BCUT2D eigenvalue weighted by Crippen LogP contribution is 2.47. The van der Waals surface area contributed by atoms with E-state index < -0.39 is 5.41 Å². The topological polar surface area (TPSA) is 55.4 Å². The van der Waals surface area contributed by atoms with Crippen molar-refractivity contribution < 1.29 is 9.18 Å². The van der Waals surface area contributed by atoms with Crippen LogP contribution in [0.3, 0.4) is 0 Å². The molecule has 0 aromatic heterocycles. The van der Waals surface area contributed by atoms with Gasteiger partial charge in [0.25, 0.3) is 0 Å². The van der Waals surface area contributed by atoms with Crippen molar-refractivity contribution in [3.63, 3.8) is 0 Å². The Bertz CT molecular complexity index is 685. The van der Waals surface area contributed by atoms with E-state index in [2.05, 4.69) is 4.99 Å². The summed E-state index contributed by atoms with van der Waals surface area (Å²) in [6.07, 6.45) is 5.46. The molecule has 1 saturated carbocycles. The molecule has 0 aliphatic heterocycles. The Morgan fingerprint density at radius 1 is 1.29 bits per heavy atom. The Morgan fingerprint density at radius 3 is 2.67 bits per heavy atom. The minimum absolute atomic E-state index is 0.272. The molecule has 0 bridgehead atoms. The van der Waals surface area contributed by atoms with Crippen LogP contribution in [0.2, 0.25) is 0 Å². The maximum absolute atomic E-state index is 12.9. The highest BCUT2D eigenvalue weighted by atomic mass is 19.1. The first kappa shape index (κ1) is 13.7. The number of halogens is 1. The first-order valence-electron chi connectivity index (χ1n) is 7.03. The molecule has 4 heteroatoms. The molecule has 1 aromatic rings. The molecule has 2 aliphatic rings. The molecule has 0 spiro atoms. The third kappa shape index (κ3) is 2.31. The quantitative estimate of drug-likeness (QED) is 0.858. The number of allylic oxidation sites excluding steroid dienone is 3. The van der Waals surface area contributed by atoms with Crippen LogP contribution in [-0.4, -0.2) is 11.5 Å². The van der Waals surface area contributed by atoms with Crippen LogP contribution in [-0.2, 0) is 4.79 Å². The summed E-state index contributed by atoms with van der Waals surface area (Å²) in [5.41, 5.74) is 8.72. The molecule has 2 N–H and O–H groups in total. The van der Waals surface area contributed by atoms with E-state index in [4.69, 9.17) is 5.73 Å². The van der Waals surface area contributed by atoms with Crippen LogP contribution in [0, 0.1) is 11.2 Å². The molecular weight excluding hydrogens is 267 g/mol. The highest BCUT2D eigenvalue weighted by molar-refractivity contribution is 6.13. The lowest BCUT2D eigenvalue weighted by Crippen LogP contribution is -2.29. The monoisotopic (exact) mass is 284 g/mol. The van der Waals surface area contributed by atoms with Gasteiger partial charge in [-0.3, -0.25) is 4.79 Å². The number of Topliss-reactive ketones (excluding diaryl/α,β-unsaturated/α-hetero) is 1. The number of hydrogen-bond acceptors (Lipinski definition) is 3. The molecule has 108 valence electrons. The molecule has 0 amide bonds. The number of fused-ring (bicyclic) bond motifs is 1. The molecule has 1 atom stereocenters. The molecule has 1 fully saturated rings. The second kappa shape index (κ2) is 4.95. The van der Waals surface area contributed by atoms with Crippen molar-refractivity contribution in [2.75, 3.05) is 0 Å². The van der Waals surface area contributed by atoms with Gasteiger partial charge in [0.1, 0.15) is 11.6 Å². The Balaban J connectivity index is 2.04. The number of rotatable bonds is 1. The first-order chi connectivity index (χ1) is 10.0. The molecule has 3 nitrogen and oxygen atoms in total. The average Bonchev–Trinajstić information content (AvgIpc) is 2.76. The van der Waals surface area contributed by atoms with Gasteiger partial charge in [0, 0.05) is 6.42 Å². The first-order valence-corrected chi connectivity index (χ1v) is 7.03. The van der Waals surface area contributed by atoms with E-state index >= 15 is 0 Å². The van der Waals surface area contributed by atoms with Gasteiger partial charge >= 0.3 is 0 Å². The van der Waals surface area contributed by atoms with Gasteiger partial charge in [0.05, 0.1) is 16.8 Å². The normalized spacial score (nSPS) is 28.9. The molecule has 0 saturated heterocycles. The van der Waals surface area contributed by atoms with Crippen LogP contribution < -0.4 is 5.73 Å². The number of hydrogen-bond donors (Lipinski definition) is 1. The van der Waals surface area contributed by atoms with Gasteiger partial charge in [-0.25, -0.2) is 9.38 Å². The second-order valence-corrected chi connectivity index (χ2v) is 5.77. The zero-order valence-electron chi connectivity index (χ0n) is 11.9. The summed E-state index contributed by atoms with van der Waals surface area (Å²) in [7, 11) is 0. The SMILES string of the molecule is CC12CC(=CN)C(=Nc3ccc(F)cc3)C=C1CCC2=O. The Morgan fingerprint density at radius 2 is 2.00 bits per heavy atom. The summed E-state index contributed by atoms with van der Waals surface area (Å²) in [6.45, 7) is 1.98. The zero-order chi connectivity index (χ0) is 15.0. The van der Waals surface area contributed by atoms with Crippen LogP contribution in [0.5, 0.6) is 0 Å². The van der Waals surface area contributed by atoms with Gasteiger partial charge < -0.3 is 5.73 Å². The minimum Gasteiger partial charge on any atom is -0.404 e. The minimum atomic E-state index is -0.424. The predicted octanol–water partition coefficient (Wildman–Crippen LogP) is 3.44. The van der Waals surface area contributed by atoms with Gasteiger partial charge in [0.15, 0.2) is 0 Å². The maximum atomic E-state index is 12.9. The smallest absolute Gasteiger partial charge is 0.143 e. The average molecular weight is 284 g/mol. The molecule has 0 radical (unpaired) electrons. The van der Waals surface area contributed by atoms with E-state index in [1.807, 2.05) is 13.0 Å². The van der Waals surface area contributed by atoms with E-state index in [1.165, 1.54) is 18.3 Å². The molecule has 0 heterocycles. The highest BCUT2D eigenvalue weighted by Gasteiger charge is 2.44. The standard InChI is InChI=1S/C17H17FN2O/c1-17-9-11(10-19)15(8-12(17)2-7-16(17)21)20-14-5-3-13(18)4-6-14/h3-6,8,10H,2,7,9,19H2,1H3. The summed E-state index contributed by atoms with van der Waals surface area (Å²) >= 11 is 0. The number of nitrogens with zero attached hydrogens (tertiary/aromatic N) is 1. The van der Waals surface area contributed by atoms with Crippen molar-refractivity contribution >= 4 is 17.2 Å². The summed E-state index contributed by atoms with van der Waals surface area (Å²) in [4.78, 5) is 16.6. The van der Waals surface area contributed by atoms with Crippen molar-refractivity contribution in [3.05, 3.63) is 53.5 Å². The predicted molar refractivity (Wildman–Crippen MR) is 80.8 cm³/mol. The lowest BCUT2D eigenvalue weighted by molar-refractivity contribution is -0.123. The Kier molecular flexibility index (Phi) is 3.24. The van der Waals surface area contributed by atoms with E-state index in [9.17, 15) is 9.18 Å². The zero-order valence-corrected chi connectivity index (χ0v) is 11.9. The second-order valence-electron chi connectivity index (χ2n) is 5.77. The largest absolute Gasteiger partial charge is 0.404 e. The van der Waals surface area contributed by atoms with Crippen LogP contribution in [0.25, 0.3) is 0 Å². The lowest BCUT2D eigenvalue weighted by Gasteiger charge is -2.30. The van der Waals surface area contributed by atoms with E-state index in [0.29, 0.717) is 18.5 Å². The number of carbonyl (C=O) groups is 1. The number of aliphatic imine (C=N–C) groups is 1. The fraction of sp³-hybridized carbons (Fsp3) is 0.294. The lowest BCUT2D eigenvalue weighted by atomic mass is 9.73. The van der Waals surface area contributed by atoms with E-state index in [0.717, 1.165) is 23.3 Å². The molecule has 2 aliphatic carbocycles. The van der Waals surface area contributed by atoms with E-state index in [1.54, 1.807) is 12.1 Å². The molecular formula is C17H17FN2O. The number of carbonyl (C=O) groups excluding carboxylic acids is 1.